The predicted octanol–water partition coefficient (Wildman–Crippen LogP) is 1.17. The molecule has 2 N–H and O–H groups in total. The monoisotopic (exact) mass is 229 g/mol. The highest BCUT2D eigenvalue weighted by molar-refractivity contribution is 8.00. The summed E-state index contributed by atoms with van der Waals surface area (Å²) in [6.07, 6.45) is 2.74. The van der Waals surface area contributed by atoms with Gasteiger partial charge in [-0.05, 0) is 13.0 Å². The Kier molecular flexibility index (Phi) is 4.23. The molecule has 82 valence electrons. The summed E-state index contributed by atoms with van der Waals surface area (Å²) in [5.41, 5.74) is 0.428. The Bertz CT molecular complexity index is 336. The van der Waals surface area contributed by atoms with Crippen molar-refractivity contribution < 1.29 is 19.1 Å². The van der Waals surface area contributed by atoms with E-state index in [2.05, 4.69) is 5.32 Å². The molecule has 1 aromatic heterocycles. The second-order valence-electron chi connectivity index (χ2n) is 2.83. The Morgan fingerprint density at radius 1 is 1.67 bits per heavy atom. The molecule has 0 saturated carbocycles. The summed E-state index contributed by atoms with van der Waals surface area (Å²) >= 11 is 1.15. The van der Waals surface area contributed by atoms with Crippen LogP contribution in [0.3, 0.4) is 0 Å². The van der Waals surface area contributed by atoms with Gasteiger partial charge in [0.05, 0.1) is 23.0 Å². The van der Waals surface area contributed by atoms with E-state index in [4.69, 9.17) is 9.52 Å². The number of carbonyl (C=O) groups is 2. The molecule has 1 amide bonds. The fourth-order valence-electron chi connectivity index (χ4n) is 0.900. The van der Waals surface area contributed by atoms with Gasteiger partial charge in [-0.25, -0.2) is 0 Å². The van der Waals surface area contributed by atoms with E-state index in [1.54, 1.807) is 13.0 Å². The minimum atomic E-state index is -0.899. The van der Waals surface area contributed by atoms with Gasteiger partial charge in [0.2, 0.25) is 0 Å². The number of carbonyl (C=O) groups excluding carboxylic acids is 1. The van der Waals surface area contributed by atoms with Crippen LogP contribution in [0.25, 0.3) is 0 Å². The van der Waals surface area contributed by atoms with E-state index < -0.39 is 5.97 Å². The number of rotatable bonds is 5. The number of carboxylic acids is 1. The van der Waals surface area contributed by atoms with Crippen molar-refractivity contribution in [2.75, 3.05) is 5.75 Å². The summed E-state index contributed by atoms with van der Waals surface area (Å²) in [6.45, 7) is 1.73. The van der Waals surface area contributed by atoms with Gasteiger partial charge in [-0.15, -0.1) is 11.8 Å². The SMILES string of the molecule is CC(NC(=O)c1ccoc1)SCC(=O)O. The van der Waals surface area contributed by atoms with E-state index in [-0.39, 0.29) is 17.0 Å². The fourth-order valence-corrected chi connectivity index (χ4v) is 1.48. The number of thioether (sulfide) groups is 1. The van der Waals surface area contributed by atoms with Gasteiger partial charge in [-0.2, -0.15) is 0 Å². The number of carboxylic acid groups (broad SMARTS) is 1. The molecule has 0 aliphatic heterocycles. The molecule has 0 bridgehead atoms. The van der Waals surface area contributed by atoms with Crippen molar-refractivity contribution in [3.8, 4) is 0 Å². The van der Waals surface area contributed by atoms with Crippen molar-refractivity contribution >= 4 is 23.6 Å². The van der Waals surface area contributed by atoms with E-state index in [1.807, 2.05) is 0 Å². The zero-order valence-corrected chi connectivity index (χ0v) is 8.91. The summed E-state index contributed by atoms with van der Waals surface area (Å²) in [4.78, 5) is 21.7. The van der Waals surface area contributed by atoms with E-state index in [0.717, 1.165) is 11.8 Å². The molecule has 0 aliphatic rings. The maximum atomic E-state index is 11.4. The molecule has 0 aromatic carbocycles. The van der Waals surface area contributed by atoms with Crippen molar-refractivity contribution in [3.05, 3.63) is 24.2 Å². The highest BCUT2D eigenvalue weighted by Gasteiger charge is 2.11. The van der Waals surface area contributed by atoms with Crippen LogP contribution in [0.1, 0.15) is 17.3 Å². The number of hydrogen-bond donors (Lipinski definition) is 2. The molecule has 0 aliphatic carbocycles. The molecule has 1 atom stereocenters. The summed E-state index contributed by atoms with van der Waals surface area (Å²) in [6, 6.07) is 1.55. The number of aliphatic carboxylic acids is 1. The van der Waals surface area contributed by atoms with Gasteiger partial charge in [-0.1, -0.05) is 0 Å². The third-order valence-corrected chi connectivity index (χ3v) is 2.61. The molecule has 1 heterocycles. The quantitative estimate of drug-likeness (QED) is 0.741. The topological polar surface area (TPSA) is 79.5 Å². The second-order valence-corrected chi connectivity index (χ2v) is 4.16. The summed E-state index contributed by atoms with van der Waals surface area (Å²) < 4.78 is 4.75. The fraction of sp³-hybridized carbons (Fsp3) is 0.333. The average molecular weight is 229 g/mol. The third kappa shape index (κ3) is 4.07. The van der Waals surface area contributed by atoms with Gasteiger partial charge in [0.1, 0.15) is 6.26 Å². The van der Waals surface area contributed by atoms with Gasteiger partial charge < -0.3 is 14.8 Å². The summed E-state index contributed by atoms with van der Waals surface area (Å²) in [7, 11) is 0. The Hall–Kier alpha value is -1.43. The Morgan fingerprint density at radius 3 is 2.93 bits per heavy atom. The van der Waals surface area contributed by atoms with Gasteiger partial charge in [0, 0.05) is 0 Å². The van der Waals surface area contributed by atoms with Crippen molar-refractivity contribution in [2.24, 2.45) is 0 Å². The van der Waals surface area contributed by atoms with Crippen LogP contribution < -0.4 is 5.32 Å². The van der Waals surface area contributed by atoms with Crippen molar-refractivity contribution in [1.29, 1.82) is 0 Å². The molecule has 0 spiro atoms. The molecule has 1 rings (SSSR count). The van der Waals surface area contributed by atoms with Crippen molar-refractivity contribution in [2.45, 2.75) is 12.3 Å². The lowest BCUT2D eigenvalue weighted by atomic mass is 10.3. The third-order valence-electron chi connectivity index (χ3n) is 1.57. The molecule has 0 fully saturated rings. The Labute approximate surface area is 90.8 Å². The average Bonchev–Trinajstić information content (AvgIpc) is 2.67. The zero-order chi connectivity index (χ0) is 11.3. The van der Waals surface area contributed by atoms with Crippen molar-refractivity contribution in [1.82, 2.24) is 5.32 Å². The molecule has 0 radical (unpaired) electrons. The van der Waals surface area contributed by atoms with Crippen molar-refractivity contribution in [3.63, 3.8) is 0 Å². The standard InChI is InChI=1S/C9H11NO4S/c1-6(15-5-8(11)12)10-9(13)7-2-3-14-4-7/h2-4,6H,5H2,1H3,(H,10,13)(H,11,12). The van der Waals surface area contributed by atoms with Crippen LogP contribution in [-0.2, 0) is 4.79 Å². The maximum Gasteiger partial charge on any atom is 0.313 e. The van der Waals surface area contributed by atoms with Crippen LogP contribution >= 0.6 is 11.8 Å². The van der Waals surface area contributed by atoms with Crippen LogP contribution in [0.5, 0.6) is 0 Å². The lowest BCUT2D eigenvalue weighted by Gasteiger charge is -2.10. The van der Waals surface area contributed by atoms with Crippen LogP contribution in [0.4, 0.5) is 0 Å². The Morgan fingerprint density at radius 2 is 2.40 bits per heavy atom. The summed E-state index contributed by atoms with van der Waals surface area (Å²) in [5.74, 6) is -1.20. The largest absolute Gasteiger partial charge is 0.481 e. The molecule has 6 heteroatoms. The van der Waals surface area contributed by atoms with E-state index in [1.165, 1.54) is 12.5 Å². The zero-order valence-electron chi connectivity index (χ0n) is 8.10. The van der Waals surface area contributed by atoms with Gasteiger partial charge >= 0.3 is 5.97 Å². The van der Waals surface area contributed by atoms with Gasteiger partial charge in [-0.3, -0.25) is 9.59 Å². The number of hydrogen-bond acceptors (Lipinski definition) is 4. The van der Waals surface area contributed by atoms with Gasteiger partial charge in [0.25, 0.3) is 5.91 Å². The molecule has 5 nitrogen and oxygen atoms in total. The summed E-state index contributed by atoms with van der Waals surface area (Å²) in [5, 5.41) is 10.8. The lowest BCUT2D eigenvalue weighted by molar-refractivity contribution is -0.133. The lowest BCUT2D eigenvalue weighted by Crippen LogP contribution is -2.30. The minimum absolute atomic E-state index is 0.0349. The number of nitrogens with one attached hydrogen (secondary N) is 1. The first kappa shape index (κ1) is 11.6. The maximum absolute atomic E-state index is 11.4. The van der Waals surface area contributed by atoms with E-state index >= 15 is 0 Å². The second kappa shape index (κ2) is 5.45. The van der Waals surface area contributed by atoms with Crippen LogP contribution in [0.2, 0.25) is 0 Å². The highest BCUT2D eigenvalue weighted by atomic mass is 32.2. The molecular formula is C9H11NO4S. The van der Waals surface area contributed by atoms with Crippen LogP contribution in [0, 0.1) is 0 Å². The molecule has 1 unspecified atom stereocenters. The predicted molar refractivity (Wildman–Crippen MR) is 55.7 cm³/mol. The molecule has 15 heavy (non-hydrogen) atoms. The van der Waals surface area contributed by atoms with E-state index in [9.17, 15) is 9.59 Å². The first-order valence-corrected chi connectivity index (χ1v) is 5.31. The van der Waals surface area contributed by atoms with Crippen LogP contribution in [0.15, 0.2) is 23.0 Å². The first-order chi connectivity index (χ1) is 7.09. The van der Waals surface area contributed by atoms with E-state index in [0.29, 0.717) is 5.56 Å². The molecule has 1 aromatic rings. The van der Waals surface area contributed by atoms with Gasteiger partial charge in [0.15, 0.2) is 0 Å². The highest BCUT2D eigenvalue weighted by Crippen LogP contribution is 2.08. The number of furan rings is 1. The molecule has 0 saturated heterocycles. The number of amides is 1. The smallest absolute Gasteiger partial charge is 0.313 e. The molecular weight excluding hydrogens is 218 g/mol. The minimum Gasteiger partial charge on any atom is -0.481 e. The van der Waals surface area contributed by atoms with Crippen LogP contribution in [-0.4, -0.2) is 28.1 Å². The normalized spacial score (nSPS) is 12.1. The Balaban J connectivity index is 2.35. The first-order valence-electron chi connectivity index (χ1n) is 4.26.